The van der Waals surface area contributed by atoms with Crippen LogP contribution in [0.3, 0.4) is 0 Å². The van der Waals surface area contributed by atoms with Gasteiger partial charge in [-0.1, -0.05) is 22.9 Å². The van der Waals surface area contributed by atoms with E-state index in [1.807, 2.05) is 4.40 Å². The number of nitrogens with one attached hydrogen (secondary N) is 1. The molecule has 2 heterocycles. The number of halogens is 2. The lowest BCUT2D eigenvalue weighted by atomic mass is 10.2. The number of aryl methyl sites for hydroxylation is 1. The first-order chi connectivity index (χ1) is 14.4. The second-order valence-corrected chi connectivity index (χ2v) is 7.83. The summed E-state index contributed by atoms with van der Waals surface area (Å²) in [5, 5.41) is 3.04. The van der Waals surface area contributed by atoms with Crippen molar-refractivity contribution in [3.63, 3.8) is 0 Å². The number of ether oxygens (including phenoxy) is 1. The Morgan fingerprint density at radius 3 is 2.60 bits per heavy atom. The van der Waals surface area contributed by atoms with Crippen molar-refractivity contribution in [1.82, 2.24) is 9.38 Å². The van der Waals surface area contributed by atoms with E-state index in [1.165, 1.54) is 48.8 Å². The van der Waals surface area contributed by atoms with Crippen molar-refractivity contribution in [3.05, 3.63) is 75.6 Å². The number of imidazole rings is 1. The fraction of sp³-hybridized carbons (Fsp3) is 0.0952. The molecule has 0 bridgehead atoms. The monoisotopic (exact) mass is 443 g/mol. The highest BCUT2D eigenvalue weighted by molar-refractivity contribution is 7.19. The minimum absolute atomic E-state index is 0.277. The number of amides is 1. The number of carbonyl (C=O) groups excluding carboxylic acids is 2. The molecule has 0 aliphatic rings. The maximum atomic E-state index is 13.1. The van der Waals surface area contributed by atoms with Crippen LogP contribution in [0.2, 0.25) is 5.02 Å². The third kappa shape index (κ3) is 3.67. The van der Waals surface area contributed by atoms with E-state index in [2.05, 4.69) is 10.3 Å². The molecule has 0 saturated heterocycles. The van der Waals surface area contributed by atoms with Crippen molar-refractivity contribution >= 4 is 45.5 Å². The molecule has 9 heteroatoms. The van der Waals surface area contributed by atoms with Gasteiger partial charge < -0.3 is 10.1 Å². The zero-order valence-corrected chi connectivity index (χ0v) is 17.5. The standard InChI is InChI=1S/C21H15ClFN3O3S/c1-11-18(19(27)24-16-9-13(20(28)29-2)5-8-15(16)22)30-21-25-17(10-26(11)21)12-3-6-14(23)7-4-12/h3-10H,1-2H3,(H,24,27). The van der Waals surface area contributed by atoms with Gasteiger partial charge in [-0.2, -0.15) is 0 Å². The number of thiazole rings is 1. The van der Waals surface area contributed by atoms with Crippen molar-refractivity contribution in [2.75, 3.05) is 12.4 Å². The summed E-state index contributed by atoms with van der Waals surface area (Å²) < 4.78 is 19.7. The highest BCUT2D eigenvalue weighted by atomic mass is 35.5. The second kappa shape index (κ2) is 7.89. The van der Waals surface area contributed by atoms with Gasteiger partial charge in [0.2, 0.25) is 0 Å². The summed E-state index contributed by atoms with van der Waals surface area (Å²) in [5.74, 6) is -1.21. The van der Waals surface area contributed by atoms with Crippen molar-refractivity contribution in [1.29, 1.82) is 0 Å². The number of fused-ring (bicyclic) bond motifs is 1. The third-order valence-corrected chi connectivity index (χ3v) is 6.02. The molecule has 4 aromatic rings. The fourth-order valence-corrected chi connectivity index (χ4v) is 4.13. The summed E-state index contributed by atoms with van der Waals surface area (Å²) in [6.45, 7) is 1.81. The average molecular weight is 444 g/mol. The zero-order valence-electron chi connectivity index (χ0n) is 15.9. The summed E-state index contributed by atoms with van der Waals surface area (Å²) in [5.41, 5.74) is 2.75. The molecule has 1 N–H and O–H groups in total. The van der Waals surface area contributed by atoms with Crippen LogP contribution in [-0.4, -0.2) is 28.4 Å². The van der Waals surface area contributed by atoms with Crippen molar-refractivity contribution in [2.24, 2.45) is 0 Å². The largest absolute Gasteiger partial charge is 0.465 e. The Balaban J connectivity index is 1.63. The lowest BCUT2D eigenvalue weighted by molar-refractivity contribution is 0.0600. The van der Waals surface area contributed by atoms with Crippen LogP contribution in [0.15, 0.2) is 48.7 Å². The number of rotatable bonds is 4. The quantitative estimate of drug-likeness (QED) is 0.440. The molecule has 6 nitrogen and oxygen atoms in total. The van der Waals surface area contributed by atoms with E-state index in [0.29, 0.717) is 31.9 Å². The van der Waals surface area contributed by atoms with Gasteiger partial charge in [0, 0.05) is 17.5 Å². The Kier molecular flexibility index (Phi) is 5.27. The molecule has 0 aliphatic heterocycles. The number of hydrogen-bond donors (Lipinski definition) is 1. The van der Waals surface area contributed by atoms with E-state index < -0.39 is 5.97 Å². The Morgan fingerprint density at radius 2 is 1.93 bits per heavy atom. The highest BCUT2D eigenvalue weighted by Crippen LogP contribution is 2.29. The molecule has 0 aliphatic carbocycles. The van der Waals surface area contributed by atoms with Crippen LogP contribution in [0.5, 0.6) is 0 Å². The Labute approximate surface area is 179 Å². The Hall–Kier alpha value is -3.23. The summed E-state index contributed by atoms with van der Waals surface area (Å²) in [6.07, 6.45) is 1.80. The van der Waals surface area contributed by atoms with Crippen LogP contribution < -0.4 is 5.32 Å². The molecule has 0 saturated carbocycles. The van der Waals surface area contributed by atoms with Gasteiger partial charge in [-0.05, 0) is 49.4 Å². The zero-order chi connectivity index (χ0) is 21.4. The number of nitrogens with zero attached hydrogens (tertiary/aromatic N) is 2. The molecule has 0 unspecified atom stereocenters. The molecule has 4 rings (SSSR count). The van der Waals surface area contributed by atoms with Crippen LogP contribution >= 0.6 is 22.9 Å². The summed E-state index contributed by atoms with van der Waals surface area (Å²) in [6, 6.07) is 10.6. The van der Waals surface area contributed by atoms with Gasteiger partial charge in [-0.15, -0.1) is 0 Å². The smallest absolute Gasteiger partial charge is 0.337 e. The summed E-state index contributed by atoms with van der Waals surface area (Å²) >= 11 is 7.39. The maximum absolute atomic E-state index is 13.1. The van der Waals surface area contributed by atoms with Crippen LogP contribution in [-0.2, 0) is 4.74 Å². The van der Waals surface area contributed by atoms with Gasteiger partial charge in [0.05, 0.1) is 29.1 Å². The normalized spacial score (nSPS) is 10.9. The lowest BCUT2D eigenvalue weighted by Crippen LogP contribution is -2.13. The summed E-state index contributed by atoms with van der Waals surface area (Å²) in [4.78, 5) is 30.2. The van der Waals surface area contributed by atoms with Crippen LogP contribution in [0, 0.1) is 12.7 Å². The first-order valence-corrected chi connectivity index (χ1v) is 10.0. The maximum Gasteiger partial charge on any atom is 0.337 e. The number of carbonyl (C=O) groups is 2. The van der Waals surface area contributed by atoms with Gasteiger partial charge in [-0.25, -0.2) is 14.2 Å². The molecule has 30 heavy (non-hydrogen) atoms. The minimum atomic E-state index is -0.527. The minimum Gasteiger partial charge on any atom is -0.465 e. The van der Waals surface area contributed by atoms with Gasteiger partial charge in [0.15, 0.2) is 4.96 Å². The average Bonchev–Trinajstić information content (AvgIpc) is 3.29. The van der Waals surface area contributed by atoms with Crippen LogP contribution in [0.25, 0.3) is 16.2 Å². The number of aromatic nitrogens is 2. The molecule has 1 amide bonds. The topological polar surface area (TPSA) is 72.7 Å². The molecule has 0 fully saturated rings. The molecule has 0 spiro atoms. The second-order valence-electron chi connectivity index (χ2n) is 6.44. The first kappa shape index (κ1) is 20.1. The number of hydrogen-bond acceptors (Lipinski definition) is 5. The van der Waals surface area contributed by atoms with Gasteiger partial charge in [0.1, 0.15) is 10.7 Å². The van der Waals surface area contributed by atoms with E-state index >= 15 is 0 Å². The number of benzene rings is 2. The molecule has 152 valence electrons. The molecule has 2 aromatic heterocycles. The Morgan fingerprint density at radius 1 is 1.20 bits per heavy atom. The van der Waals surface area contributed by atoms with E-state index in [4.69, 9.17) is 16.3 Å². The van der Waals surface area contributed by atoms with E-state index in [1.54, 1.807) is 25.3 Å². The van der Waals surface area contributed by atoms with E-state index in [0.717, 1.165) is 5.56 Å². The van der Waals surface area contributed by atoms with Gasteiger partial charge >= 0.3 is 5.97 Å². The van der Waals surface area contributed by atoms with Gasteiger partial charge in [-0.3, -0.25) is 9.20 Å². The SMILES string of the molecule is COC(=O)c1ccc(Cl)c(NC(=O)c2sc3nc(-c4ccc(F)cc4)cn3c2C)c1. The van der Waals surface area contributed by atoms with Crippen LogP contribution in [0.4, 0.5) is 10.1 Å². The molecular formula is C21H15ClFN3O3S. The number of methoxy groups -OCH3 is 1. The molecule has 0 radical (unpaired) electrons. The molecular weight excluding hydrogens is 429 g/mol. The molecule has 2 aromatic carbocycles. The van der Waals surface area contributed by atoms with Crippen molar-refractivity contribution in [3.8, 4) is 11.3 Å². The Bertz CT molecular complexity index is 1280. The number of esters is 1. The predicted molar refractivity (Wildman–Crippen MR) is 114 cm³/mol. The first-order valence-electron chi connectivity index (χ1n) is 8.81. The third-order valence-electron chi connectivity index (χ3n) is 4.54. The van der Waals surface area contributed by atoms with Crippen LogP contribution in [0.1, 0.15) is 25.7 Å². The fourth-order valence-electron chi connectivity index (χ4n) is 2.97. The highest BCUT2D eigenvalue weighted by Gasteiger charge is 2.20. The summed E-state index contributed by atoms with van der Waals surface area (Å²) in [7, 11) is 1.28. The van der Waals surface area contributed by atoms with Crippen molar-refractivity contribution in [2.45, 2.75) is 6.92 Å². The predicted octanol–water partition coefficient (Wildman–Crippen LogP) is 5.20. The number of anilines is 1. The molecule has 0 atom stereocenters. The van der Waals surface area contributed by atoms with Gasteiger partial charge in [0.25, 0.3) is 5.91 Å². The van der Waals surface area contributed by atoms with E-state index in [-0.39, 0.29) is 17.3 Å². The van der Waals surface area contributed by atoms with Crippen molar-refractivity contribution < 1.29 is 18.7 Å². The lowest BCUT2D eigenvalue weighted by Gasteiger charge is -2.08. The van der Waals surface area contributed by atoms with E-state index in [9.17, 15) is 14.0 Å².